The summed E-state index contributed by atoms with van der Waals surface area (Å²) in [5, 5.41) is 9.94. The second-order valence-electron chi connectivity index (χ2n) is 10.9. The van der Waals surface area contributed by atoms with Crippen LogP contribution in [0.2, 0.25) is 5.02 Å². The fourth-order valence-corrected chi connectivity index (χ4v) is 6.52. The molecule has 0 unspecified atom stereocenters. The van der Waals surface area contributed by atoms with Gasteiger partial charge in [0.15, 0.2) is 0 Å². The Morgan fingerprint density at radius 3 is 2.62 bits per heavy atom. The standard InChI is InChI=1S/C30H31ClFN5/c1-3-19-11-30(12-19)13-25(14-30)36-18(2)26-10-23(31)8-22-16-35-37(29(22)26)17-24-6-4-21(15-34-24)20-5-7-28(33)27(32)9-20/h4-10,15-16,19,25,36H,2-3,11-14,17,33H2,1H3. The lowest BCUT2D eigenvalue weighted by Crippen LogP contribution is -2.54. The van der Waals surface area contributed by atoms with Crippen LogP contribution in [-0.4, -0.2) is 20.8 Å². The highest BCUT2D eigenvalue weighted by atomic mass is 35.5. The van der Waals surface area contributed by atoms with E-state index in [0.29, 0.717) is 23.0 Å². The van der Waals surface area contributed by atoms with Crippen LogP contribution in [0.5, 0.6) is 0 Å². The zero-order valence-corrected chi connectivity index (χ0v) is 21.7. The van der Waals surface area contributed by atoms with E-state index in [9.17, 15) is 4.39 Å². The topological polar surface area (TPSA) is 68.8 Å². The third kappa shape index (κ3) is 4.48. The number of nitrogens with one attached hydrogen (secondary N) is 1. The van der Waals surface area contributed by atoms with Crippen molar-refractivity contribution in [2.75, 3.05) is 5.73 Å². The van der Waals surface area contributed by atoms with E-state index in [1.807, 2.05) is 35.1 Å². The summed E-state index contributed by atoms with van der Waals surface area (Å²) >= 11 is 6.47. The highest BCUT2D eigenvalue weighted by Gasteiger charge is 2.52. The lowest BCUT2D eigenvalue weighted by molar-refractivity contribution is -0.0460. The molecule has 6 rings (SSSR count). The maximum Gasteiger partial charge on any atom is 0.146 e. The number of nitrogens with zero attached hydrogens (tertiary/aromatic N) is 3. The molecule has 37 heavy (non-hydrogen) atoms. The van der Waals surface area contributed by atoms with Crippen LogP contribution in [0.15, 0.2) is 61.4 Å². The fourth-order valence-electron chi connectivity index (χ4n) is 6.29. The monoisotopic (exact) mass is 515 g/mol. The minimum atomic E-state index is -0.431. The number of fused-ring (bicyclic) bond motifs is 1. The molecular formula is C30H31ClFN5. The van der Waals surface area contributed by atoms with Gasteiger partial charge in [-0.1, -0.05) is 43.7 Å². The predicted molar refractivity (Wildman–Crippen MR) is 149 cm³/mol. The van der Waals surface area contributed by atoms with Gasteiger partial charge in [-0.15, -0.1) is 0 Å². The first-order valence-electron chi connectivity index (χ1n) is 12.9. The molecule has 2 heterocycles. The Kier molecular flexibility index (Phi) is 5.95. The predicted octanol–water partition coefficient (Wildman–Crippen LogP) is 7.05. The van der Waals surface area contributed by atoms with Crippen LogP contribution in [0.1, 0.15) is 50.3 Å². The van der Waals surface area contributed by atoms with Crippen molar-refractivity contribution < 1.29 is 4.39 Å². The van der Waals surface area contributed by atoms with Crippen molar-refractivity contribution in [3.63, 3.8) is 0 Å². The van der Waals surface area contributed by atoms with E-state index in [1.54, 1.807) is 18.3 Å². The summed E-state index contributed by atoms with van der Waals surface area (Å²) in [6.07, 6.45) is 10.1. The van der Waals surface area contributed by atoms with E-state index in [0.717, 1.165) is 44.9 Å². The van der Waals surface area contributed by atoms with Gasteiger partial charge in [0.2, 0.25) is 0 Å². The van der Waals surface area contributed by atoms with Gasteiger partial charge in [0.25, 0.3) is 0 Å². The number of nitrogens with two attached hydrogens (primary N) is 1. The van der Waals surface area contributed by atoms with Gasteiger partial charge in [0.1, 0.15) is 5.82 Å². The average Bonchev–Trinajstić information content (AvgIpc) is 3.23. The molecule has 0 bridgehead atoms. The Morgan fingerprint density at radius 2 is 1.92 bits per heavy atom. The number of hydrogen-bond donors (Lipinski definition) is 2. The molecule has 5 nitrogen and oxygen atoms in total. The van der Waals surface area contributed by atoms with Crippen LogP contribution in [0, 0.1) is 17.2 Å². The first-order chi connectivity index (χ1) is 17.8. The molecule has 4 aromatic rings. The molecule has 190 valence electrons. The van der Waals surface area contributed by atoms with Crippen molar-refractivity contribution in [1.29, 1.82) is 0 Å². The minimum absolute atomic E-state index is 0.135. The summed E-state index contributed by atoms with van der Waals surface area (Å²) in [6, 6.07) is 13.0. The first kappa shape index (κ1) is 24.0. The van der Waals surface area contributed by atoms with Gasteiger partial charge in [0.05, 0.1) is 29.6 Å². The van der Waals surface area contributed by atoms with Crippen molar-refractivity contribution in [3.05, 3.63) is 83.5 Å². The van der Waals surface area contributed by atoms with Crippen molar-refractivity contribution in [2.24, 2.45) is 11.3 Å². The second-order valence-corrected chi connectivity index (χ2v) is 11.3. The van der Waals surface area contributed by atoms with Crippen molar-refractivity contribution >= 4 is 33.9 Å². The molecule has 3 N–H and O–H groups in total. The van der Waals surface area contributed by atoms with Crippen LogP contribution >= 0.6 is 11.6 Å². The van der Waals surface area contributed by atoms with Gasteiger partial charge in [-0.2, -0.15) is 5.10 Å². The van der Waals surface area contributed by atoms with E-state index in [1.165, 1.54) is 38.2 Å². The summed E-state index contributed by atoms with van der Waals surface area (Å²) in [4.78, 5) is 4.62. The number of anilines is 1. The van der Waals surface area contributed by atoms with E-state index in [2.05, 4.69) is 28.9 Å². The van der Waals surface area contributed by atoms with Crippen molar-refractivity contribution in [2.45, 2.75) is 51.6 Å². The molecule has 2 aliphatic carbocycles. The average molecular weight is 516 g/mol. The third-order valence-corrected chi connectivity index (χ3v) is 8.47. The van der Waals surface area contributed by atoms with Gasteiger partial charge < -0.3 is 11.1 Å². The largest absolute Gasteiger partial charge is 0.396 e. The minimum Gasteiger partial charge on any atom is -0.396 e. The molecule has 0 aliphatic heterocycles. The molecule has 2 aromatic heterocycles. The van der Waals surface area contributed by atoms with Crippen LogP contribution in [-0.2, 0) is 6.54 Å². The molecule has 2 aromatic carbocycles. The Labute approximate surface area is 221 Å². The lowest BCUT2D eigenvalue weighted by atomic mass is 9.49. The van der Waals surface area contributed by atoms with Crippen LogP contribution in [0.4, 0.5) is 10.1 Å². The molecule has 0 radical (unpaired) electrons. The van der Waals surface area contributed by atoms with Gasteiger partial charge in [-0.05, 0) is 72.9 Å². The van der Waals surface area contributed by atoms with Gasteiger partial charge in [-0.3, -0.25) is 9.67 Å². The van der Waals surface area contributed by atoms with Gasteiger partial charge >= 0.3 is 0 Å². The highest BCUT2D eigenvalue weighted by molar-refractivity contribution is 6.31. The number of benzene rings is 2. The summed E-state index contributed by atoms with van der Waals surface area (Å²) in [5.74, 6) is 0.487. The summed E-state index contributed by atoms with van der Waals surface area (Å²) < 4.78 is 15.8. The zero-order valence-electron chi connectivity index (χ0n) is 21.0. The van der Waals surface area contributed by atoms with Crippen LogP contribution in [0.3, 0.4) is 0 Å². The Morgan fingerprint density at radius 1 is 1.14 bits per heavy atom. The molecule has 0 saturated heterocycles. The molecule has 7 heteroatoms. The summed E-state index contributed by atoms with van der Waals surface area (Å²) in [7, 11) is 0. The highest BCUT2D eigenvalue weighted by Crippen LogP contribution is 2.59. The Balaban J connectivity index is 1.20. The van der Waals surface area contributed by atoms with Crippen molar-refractivity contribution in [1.82, 2.24) is 20.1 Å². The molecule has 1 spiro atoms. The molecule has 2 saturated carbocycles. The van der Waals surface area contributed by atoms with Crippen molar-refractivity contribution in [3.8, 4) is 11.1 Å². The second kappa shape index (κ2) is 9.18. The number of nitrogen functional groups attached to an aromatic ring is 1. The van der Waals surface area contributed by atoms with E-state index >= 15 is 0 Å². The molecule has 2 aliphatic rings. The smallest absolute Gasteiger partial charge is 0.146 e. The van der Waals surface area contributed by atoms with Crippen LogP contribution in [0.25, 0.3) is 27.7 Å². The number of aromatic nitrogens is 3. The Bertz CT molecular complexity index is 1480. The first-order valence-corrected chi connectivity index (χ1v) is 13.3. The summed E-state index contributed by atoms with van der Waals surface area (Å²) in [5.41, 5.74) is 11.6. The number of halogens is 2. The maximum atomic E-state index is 13.9. The molecule has 0 amide bonds. The summed E-state index contributed by atoms with van der Waals surface area (Å²) in [6.45, 7) is 7.17. The third-order valence-electron chi connectivity index (χ3n) is 8.25. The number of rotatable bonds is 7. The van der Waals surface area contributed by atoms with E-state index in [-0.39, 0.29) is 5.69 Å². The maximum absolute atomic E-state index is 13.9. The van der Waals surface area contributed by atoms with E-state index in [4.69, 9.17) is 17.3 Å². The van der Waals surface area contributed by atoms with Gasteiger partial charge in [-0.25, -0.2) is 4.39 Å². The lowest BCUT2D eigenvalue weighted by Gasteiger charge is -2.58. The van der Waals surface area contributed by atoms with Crippen LogP contribution < -0.4 is 11.1 Å². The number of hydrogen-bond acceptors (Lipinski definition) is 4. The Hall–Kier alpha value is -3.38. The zero-order chi connectivity index (χ0) is 25.7. The quantitative estimate of drug-likeness (QED) is 0.259. The molecule has 0 atom stereocenters. The molecule has 2 fully saturated rings. The fraction of sp³-hybridized carbons (Fsp3) is 0.333. The van der Waals surface area contributed by atoms with Gasteiger partial charge in [0, 0.05) is 39.5 Å². The molecular weight excluding hydrogens is 485 g/mol. The normalized spacial score (nSPS) is 22.6. The SMILES string of the molecule is C=C(NC1CC2(CC(CC)C2)C1)c1cc(Cl)cc2cnn(Cc3ccc(-c4ccc(N)c(F)c4)cn3)c12. The number of pyridine rings is 1. The van der Waals surface area contributed by atoms with E-state index < -0.39 is 5.82 Å².